The van der Waals surface area contributed by atoms with Crippen molar-refractivity contribution in [1.82, 2.24) is 15.0 Å². The van der Waals surface area contributed by atoms with E-state index in [4.69, 9.17) is 22.1 Å². The normalized spacial score (nSPS) is 10.6. The topological polar surface area (TPSA) is 86.0 Å². The molecule has 0 aliphatic heterocycles. The Hall–Kier alpha value is -2.93. The van der Waals surface area contributed by atoms with Crippen molar-refractivity contribution in [3.63, 3.8) is 0 Å². The fourth-order valence-corrected chi connectivity index (χ4v) is 2.59. The van der Waals surface area contributed by atoms with Gasteiger partial charge in [-0.05, 0) is 36.2 Å². The molecule has 0 fully saturated rings. The number of hydrogen-bond acceptors (Lipinski definition) is 6. The van der Waals surface area contributed by atoms with Gasteiger partial charge in [0.1, 0.15) is 18.2 Å². The number of halogens is 2. The zero-order valence-electron chi connectivity index (χ0n) is 14.0. The predicted molar refractivity (Wildman–Crippen MR) is 99.1 cm³/mol. The fraction of sp³-hybridized carbons (Fsp3) is 0.167. The van der Waals surface area contributed by atoms with Gasteiger partial charge in [-0.1, -0.05) is 36.7 Å². The van der Waals surface area contributed by atoms with Crippen LogP contribution in [0.5, 0.6) is 5.75 Å². The number of nitrogens with two attached hydrogens (primary N) is 1. The van der Waals surface area contributed by atoms with Crippen LogP contribution in [0.25, 0.3) is 0 Å². The third kappa shape index (κ3) is 4.37. The number of aromatic nitrogens is 3. The van der Waals surface area contributed by atoms with Crippen LogP contribution in [0.2, 0.25) is 5.02 Å². The molecule has 0 aliphatic carbocycles. The average Bonchev–Trinajstić information content (AvgIpc) is 2.61. The Morgan fingerprint density at radius 2 is 1.96 bits per heavy atom. The van der Waals surface area contributed by atoms with Gasteiger partial charge in [0.15, 0.2) is 5.82 Å². The molecule has 134 valence electrons. The van der Waals surface area contributed by atoms with Gasteiger partial charge >= 0.3 is 0 Å². The predicted octanol–water partition coefficient (Wildman–Crippen LogP) is 4.13. The second-order valence-electron chi connectivity index (χ2n) is 5.43. The van der Waals surface area contributed by atoms with Gasteiger partial charge in [-0.3, -0.25) is 0 Å². The SMILES string of the molecule is CCc1ccccc1Nc1nc(N)nc(COc2ccc(F)cc2Cl)n1. The Morgan fingerprint density at radius 3 is 2.73 bits per heavy atom. The molecular formula is C18H17ClFN5O. The van der Waals surface area contributed by atoms with Gasteiger partial charge in [0.25, 0.3) is 0 Å². The summed E-state index contributed by atoms with van der Waals surface area (Å²) < 4.78 is 18.6. The van der Waals surface area contributed by atoms with Crippen LogP contribution in [0.4, 0.5) is 22.0 Å². The van der Waals surface area contributed by atoms with E-state index in [9.17, 15) is 4.39 Å². The van der Waals surface area contributed by atoms with Crippen LogP contribution < -0.4 is 15.8 Å². The van der Waals surface area contributed by atoms with E-state index in [2.05, 4.69) is 27.2 Å². The van der Waals surface area contributed by atoms with Gasteiger partial charge in [-0.15, -0.1) is 0 Å². The van der Waals surface area contributed by atoms with Gasteiger partial charge in [0, 0.05) is 5.69 Å². The highest BCUT2D eigenvalue weighted by Crippen LogP contribution is 2.25. The molecule has 1 aromatic heterocycles. The summed E-state index contributed by atoms with van der Waals surface area (Å²) in [7, 11) is 0. The van der Waals surface area contributed by atoms with E-state index >= 15 is 0 Å². The number of nitrogens with one attached hydrogen (secondary N) is 1. The molecule has 0 radical (unpaired) electrons. The van der Waals surface area contributed by atoms with Crippen LogP contribution in [-0.2, 0) is 13.0 Å². The Balaban J connectivity index is 1.77. The number of rotatable bonds is 6. The smallest absolute Gasteiger partial charge is 0.232 e. The third-order valence-electron chi connectivity index (χ3n) is 3.59. The van der Waals surface area contributed by atoms with Crippen LogP contribution in [0.3, 0.4) is 0 Å². The third-order valence-corrected chi connectivity index (χ3v) is 3.89. The number of ether oxygens (including phenoxy) is 1. The van der Waals surface area contributed by atoms with Gasteiger partial charge in [-0.2, -0.15) is 15.0 Å². The highest BCUT2D eigenvalue weighted by atomic mass is 35.5. The maximum atomic E-state index is 13.1. The van der Waals surface area contributed by atoms with Crippen molar-refractivity contribution >= 4 is 29.2 Å². The van der Waals surface area contributed by atoms with Crippen molar-refractivity contribution in [3.05, 3.63) is 64.7 Å². The molecule has 0 amide bonds. The molecule has 1 heterocycles. The molecule has 0 atom stereocenters. The molecule has 3 aromatic rings. The Kier molecular flexibility index (Phi) is 5.48. The van der Waals surface area contributed by atoms with Crippen molar-refractivity contribution in [3.8, 4) is 5.75 Å². The highest BCUT2D eigenvalue weighted by molar-refractivity contribution is 6.32. The lowest BCUT2D eigenvalue weighted by atomic mass is 10.1. The first-order valence-electron chi connectivity index (χ1n) is 7.98. The van der Waals surface area contributed by atoms with E-state index in [1.807, 2.05) is 24.3 Å². The minimum atomic E-state index is -0.437. The highest BCUT2D eigenvalue weighted by Gasteiger charge is 2.09. The summed E-state index contributed by atoms with van der Waals surface area (Å²) in [5, 5.41) is 3.32. The number of hydrogen-bond donors (Lipinski definition) is 2. The van der Waals surface area contributed by atoms with E-state index < -0.39 is 5.82 Å². The first-order valence-corrected chi connectivity index (χ1v) is 8.36. The molecule has 0 spiro atoms. The van der Waals surface area contributed by atoms with E-state index in [1.165, 1.54) is 18.2 Å². The van der Waals surface area contributed by atoms with Crippen LogP contribution >= 0.6 is 11.6 Å². The lowest BCUT2D eigenvalue weighted by Crippen LogP contribution is -2.10. The number of benzene rings is 2. The molecule has 3 rings (SSSR count). The van der Waals surface area contributed by atoms with Gasteiger partial charge in [0.05, 0.1) is 5.02 Å². The van der Waals surface area contributed by atoms with Crippen molar-refractivity contribution in [2.45, 2.75) is 20.0 Å². The van der Waals surface area contributed by atoms with Crippen molar-refractivity contribution in [2.75, 3.05) is 11.1 Å². The summed E-state index contributed by atoms with van der Waals surface area (Å²) in [5.74, 6) is 0.613. The second-order valence-corrected chi connectivity index (χ2v) is 5.84. The Labute approximate surface area is 155 Å². The second kappa shape index (κ2) is 7.97. The lowest BCUT2D eigenvalue weighted by molar-refractivity contribution is 0.295. The van der Waals surface area contributed by atoms with E-state index in [0.29, 0.717) is 17.5 Å². The zero-order chi connectivity index (χ0) is 18.5. The maximum absolute atomic E-state index is 13.1. The minimum absolute atomic E-state index is 0.0160. The van der Waals surface area contributed by atoms with Crippen molar-refractivity contribution < 1.29 is 9.13 Å². The first-order chi connectivity index (χ1) is 12.5. The van der Waals surface area contributed by atoms with Gasteiger partial charge < -0.3 is 15.8 Å². The summed E-state index contributed by atoms with van der Waals surface area (Å²) in [6, 6.07) is 11.7. The van der Waals surface area contributed by atoms with Crippen molar-refractivity contribution in [1.29, 1.82) is 0 Å². The fourth-order valence-electron chi connectivity index (χ4n) is 2.36. The zero-order valence-corrected chi connectivity index (χ0v) is 14.8. The number of anilines is 3. The quantitative estimate of drug-likeness (QED) is 0.675. The standard InChI is InChI=1S/C18H17ClFN5O/c1-2-11-5-3-4-6-14(11)22-18-24-16(23-17(21)25-18)10-26-15-8-7-12(20)9-13(15)19/h3-9H,2,10H2,1H3,(H3,21,22,23,24,25). The Morgan fingerprint density at radius 1 is 1.15 bits per heavy atom. The molecule has 0 aliphatic rings. The summed E-state index contributed by atoms with van der Waals surface area (Å²) >= 11 is 5.94. The largest absolute Gasteiger partial charge is 0.484 e. The molecule has 3 N–H and O–H groups in total. The molecule has 0 unspecified atom stereocenters. The molecule has 0 saturated carbocycles. The molecule has 8 heteroatoms. The molecule has 0 bridgehead atoms. The van der Waals surface area contributed by atoms with Gasteiger partial charge in [0.2, 0.25) is 11.9 Å². The van der Waals surface area contributed by atoms with Crippen molar-refractivity contribution in [2.24, 2.45) is 0 Å². The number of para-hydroxylation sites is 1. The molecule has 6 nitrogen and oxygen atoms in total. The van der Waals surface area contributed by atoms with Gasteiger partial charge in [-0.25, -0.2) is 4.39 Å². The minimum Gasteiger partial charge on any atom is -0.484 e. The summed E-state index contributed by atoms with van der Waals surface area (Å²) in [4.78, 5) is 12.5. The summed E-state index contributed by atoms with van der Waals surface area (Å²) in [6.45, 7) is 2.08. The first kappa shape index (κ1) is 17.9. The van der Waals surface area contributed by atoms with Crippen LogP contribution in [-0.4, -0.2) is 15.0 Å². The molecule has 2 aromatic carbocycles. The molecule has 0 saturated heterocycles. The molecular weight excluding hydrogens is 357 g/mol. The van der Waals surface area contributed by atoms with Crippen LogP contribution in [0.1, 0.15) is 18.3 Å². The summed E-state index contributed by atoms with van der Waals surface area (Å²) in [5.41, 5.74) is 7.79. The average molecular weight is 374 g/mol. The van der Waals surface area contributed by atoms with E-state index in [1.54, 1.807) is 0 Å². The lowest BCUT2D eigenvalue weighted by Gasteiger charge is -2.11. The summed E-state index contributed by atoms with van der Waals surface area (Å²) in [6.07, 6.45) is 0.864. The Bertz CT molecular complexity index is 922. The van der Waals surface area contributed by atoms with E-state index in [0.717, 1.165) is 17.7 Å². The van der Waals surface area contributed by atoms with Crippen LogP contribution in [0, 0.1) is 5.82 Å². The monoisotopic (exact) mass is 373 g/mol. The maximum Gasteiger partial charge on any atom is 0.232 e. The van der Waals surface area contributed by atoms with Crippen LogP contribution in [0.15, 0.2) is 42.5 Å². The number of nitrogens with zero attached hydrogens (tertiary/aromatic N) is 3. The molecule has 26 heavy (non-hydrogen) atoms. The van der Waals surface area contributed by atoms with E-state index in [-0.39, 0.29) is 17.6 Å². The number of aryl methyl sites for hydroxylation is 1. The number of nitrogen functional groups attached to an aromatic ring is 1.